The molecule has 0 fully saturated rings. The molecule has 0 radical (unpaired) electrons. The lowest BCUT2D eigenvalue weighted by Gasteiger charge is -2.07. The summed E-state index contributed by atoms with van der Waals surface area (Å²) in [5.41, 5.74) is 3.84. The Bertz CT molecular complexity index is 1260. The van der Waals surface area contributed by atoms with Crippen molar-refractivity contribution in [2.45, 2.75) is 0 Å². The largest absolute Gasteiger partial charge is 0.359 e. The maximum absolute atomic E-state index is 6.05. The molecule has 0 saturated heterocycles. The zero-order valence-corrected chi connectivity index (χ0v) is 14.9. The fourth-order valence-electron chi connectivity index (χ4n) is 3.12. The molecule has 6 heteroatoms. The molecule has 3 heterocycles. The summed E-state index contributed by atoms with van der Waals surface area (Å²) in [7, 11) is 0. The third kappa shape index (κ3) is 2.98. The van der Waals surface area contributed by atoms with E-state index in [1.165, 1.54) is 0 Å². The van der Waals surface area contributed by atoms with E-state index in [4.69, 9.17) is 11.6 Å². The molecule has 0 unspecified atom stereocenters. The standard InChI is InChI=1S/C21H14ClN5/c22-15-4-6-17-13(10-15)3-7-20(26-17)27-19-12-25-18-5-2-14(11-16(18)19)21-23-8-1-9-24-21/h1-12,25H,(H,26,27). The third-order valence-electron chi connectivity index (χ3n) is 4.42. The lowest BCUT2D eigenvalue weighted by Crippen LogP contribution is -1.93. The van der Waals surface area contributed by atoms with Crippen LogP contribution in [0.1, 0.15) is 0 Å². The Morgan fingerprint density at radius 3 is 2.70 bits per heavy atom. The number of nitrogens with zero attached hydrogens (tertiary/aromatic N) is 3. The lowest BCUT2D eigenvalue weighted by molar-refractivity contribution is 1.18. The number of anilines is 2. The molecular formula is C21H14ClN5. The average molecular weight is 372 g/mol. The molecule has 5 nitrogen and oxygen atoms in total. The summed E-state index contributed by atoms with van der Waals surface area (Å²) in [6.45, 7) is 0. The summed E-state index contributed by atoms with van der Waals surface area (Å²) < 4.78 is 0. The molecule has 0 saturated carbocycles. The Morgan fingerprint density at radius 2 is 1.81 bits per heavy atom. The van der Waals surface area contributed by atoms with E-state index in [2.05, 4.69) is 31.3 Å². The van der Waals surface area contributed by atoms with Crippen LogP contribution in [0.3, 0.4) is 0 Å². The number of aromatic nitrogens is 4. The second-order valence-corrected chi connectivity index (χ2v) is 6.63. The number of H-pyrrole nitrogens is 1. The van der Waals surface area contributed by atoms with E-state index in [0.717, 1.165) is 38.9 Å². The van der Waals surface area contributed by atoms with Crippen molar-refractivity contribution < 1.29 is 0 Å². The smallest absolute Gasteiger partial charge is 0.159 e. The maximum Gasteiger partial charge on any atom is 0.159 e. The van der Waals surface area contributed by atoms with E-state index in [1.807, 2.05) is 54.7 Å². The molecule has 0 aliphatic heterocycles. The fourth-order valence-corrected chi connectivity index (χ4v) is 3.30. The number of pyridine rings is 1. The molecule has 0 bridgehead atoms. The van der Waals surface area contributed by atoms with Crippen molar-refractivity contribution in [2.75, 3.05) is 5.32 Å². The highest BCUT2D eigenvalue weighted by atomic mass is 35.5. The number of aromatic amines is 1. The van der Waals surface area contributed by atoms with Crippen LogP contribution in [0.5, 0.6) is 0 Å². The zero-order valence-electron chi connectivity index (χ0n) is 14.1. The molecule has 5 aromatic rings. The van der Waals surface area contributed by atoms with Gasteiger partial charge in [0.15, 0.2) is 5.82 Å². The Labute approximate surface area is 160 Å². The van der Waals surface area contributed by atoms with Crippen LogP contribution in [-0.2, 0) is 0 Å². The SMILES string of the molecule is Clc1ccc2nc(Nc3c[nH]c4ccc(-c5ncccn5)cc34)ccc2c1. The van der Waals surface area contributed by atoms with Gasteiger partial charge in [-0.05, 0) is 54.6 Å². The van der Waals surface area contributed by atoms with Crippen LogP contribution in [0.4, 0.5) is 11.5 Å². The van der Waals surface area contributed by atoms with E-state index in [-0.39, 0.29) is 0 Å². The maximum atomic E-state index is 6.05. The predicted molar refractivity (Wildman–Crippen MR) is 109 cm³/mol. The number of benzene rings is 2. The van der Waals surface area contributed by atoms with Crippen LogP contribution < -0.4 is 5.32 Å². The summed E-state index contributed by atoms with van der Waals surface area (Å²) in [5.74, 6) is 1.47. The van der Waals surface area contributed by atoms with Gasteiger partial charge in [0.05, 0.1) is 11.2 Å². The lowest BCUT2D eigenvalue weighted by atomic mass is 10.1. The van der Waals surface area contributed by atoms with Crippen LogP contribution >= 0.6 is 11.6 Å². The monoisotopic (exact) mass is 371 g/mol. The van der Waals surface area contributed by atoms with Gasteiger partial charge >= 0.3 is 0 Å². The van der Waals surface area contributed by atoms with Crippen molar-refractivity contribution in [3.05, 3.63) is 78.2 Å². The molecule has 0 aliphatic carbocycles. The number of hydrogen-bond acceptors (Lipinski definition) is 4. The first-order chi connectivity index (χ1) is 13.3. The molecule has 2 aromatic carbocycles. The third-order valence-corrected chi connectivity index (χ3v) is 4.65. The summed E-state index contributed by atoms with van der Waals surface area (Å²) >= 11 is 6.05. The van der Waals surface area contributed by atoms with E-state index in [0.29, 0.717) is 10.8 Å². The Kier molecular flexibility index (Phi) is 3.73. The fraction of sp³-hybridized carbons (Fsp3) is 0. The van der Waals surface area contributed by atoms with Crippen LogP contribution in [0.25, 0.3) is 33.2 Å². The molecule has 0 atom stereocenters. The molecular weight excluding hydrogens is 358 g/mol. The van der Waals surface area contributed by atoms with E-state index < -0.39 is 0 Å². The van der Waals surface area contributed by atoms with Gasteiger partial charge in [0.1, 0.15) is 5.82 Å². The highest BCUT2D eigenvalue weighted by molar-refractivity contribution is 6.31. The van der Waals surface area contributed by atoms with Gasteiger partial charge in [-0.15, -0.1) is 0 Å². The first-order valence-electron chi connectivity index (χ1n) is 8.48. The summed E-state index contributed by atoms with van der Waals surface area (Å²) in [4.78, 5) is 16.6. The minimum Gasteiger partial charge on any atom is -0.359 e. The first kappa shape index (κ1) is 15.8. The van der Waals surface area contributed by atoms with Gasteiger partial charge in [-0.25, -0.2) is 15.0 Å². The summed E-state index contributed by atoms with van der Waals surface area (Å²) in [5, 5.41) is 6.17. The number of hydrogen-bond donors (Lipinski definition) is 2. The molecule has 3 aromatic heterocycles. The van der Waals surface area contributed by atoms with Gasteiger partial charge in [0.2, 0.25) is 0 Å². The highest BCUT2D eigenvalue weighted by Gasteiger charge is 2.08. The number of rotatable bonds is 3. The second-order valence-electron chi connectivity index (χ2n) is 6.19. The van der Waals surface area contributed by atoms with Crippen LogP contribution in [0.15, 0.2) is 73.2 Å². The van der Waals surface area contributed by atoms with E-state index >= 15 is 0 Å². The normalized spacial score (nSPS) is 11.1. The van der Waals surface area contributed by atoms with Crippen LogP contribution in [-0.4, -0.2) is 19.9 Å². The molecule has 0 amide bonds. The predicted octanol–water partition coefficient (Wildman–Crippen LogP) is 5.57. The van der Waals surface area contributed by atoms with Crippen molar-refractivity contribution in [3.63, 3.8) is 0 Å². The van der Waals surface area contributed by atoms with Gasteiger partial charge < -0.3 is 10.3 Å². The topological polar surface area (TPSA) is 66.5 Å². The van der Waals surface area contributed by atoms with Gasteiger partial charge in [-0.1, -0.05) is 11.6 Å². The first-order valence-corrected chi connectivity index (χ1v) is 8.86. The highest BCUT2D eigenvalue weighted by Crippen LogP contribution is 2.30. The van der Waals surface area contributed by atoms with Crippen molar-refractivity contribution >= 4 is 44.9 Å². The summed E-state index contributed by atoms with van der Waals surface area (Å²) in [6.07, 6.45) is 5.43. The molecule has 130 valence electrons. The minimum atomic E-state index is 0.701. The van der Waals surface area contributed by atoms with Gasteiger partial charge in [-0.2, -0.15) is 0 Å². The van der Waals surface area contributed by atoms with Crippen LogP contribution in [0.2, 0.25) is 5.02 Å². The van der Waals surface area contributed by atoms with Gasteiger partial charge in [0, 0.05) is 45.5 Å². The molecule has 0 spiro atoms. The Hall–Kier alpha value is -3.44. The number of fused-ring (bicyclic) bond motifs is 2. The summed E-state index contributed by atoms with van der Waals surface area (Å²) in [6, 6.07) is 17.6. The van der Waals surface area contributed by atoms with Gasteiger partial charge in [-0.3, -0.25) is 0 Å². The molecule has 5 rings (SSSR count). The van der Waals surface area contributed by atoms with Crippen molar-refractivity contribution in [3.8, 4) is 11.4 Å². The number of nitrogens with one attached hydrogen (secondary N) is 2. The van der Waals surface area contributed by atoms with E-state index in [9.17, 15) is 0 Å². The quantitative estimate of drug-likeness (QED) is 0.435. The second kappa shape index (κ2) is 6.37. The van der Waals surface area contributed by atoms with Gasteiger partial charge in [0.25, 0.3) is 0 Å². The van der Waals surface area contributed by atoms with E-state index in [1.54, 1.807) is 12.4 Å². The Balaban J connectivity index is 1.54. The van der Waals surface area contributed by atoms with Crippen LogP contribution in [0, 0.1) is 0 Å². The molecule has 2 N–H and O–H groups in total. The average Bonchev–Trinajstić information content (AvgIpc) is 3.11. The zero-order chi connectivity index (χ0) is 18.2. The number of halogens is 1. The Morgan fingerprint density at radius 1 is 0.926 bits per heavy atom. The molecule has 0 aliphatic rings. The van der Waals surface area contributed by atoms with Crippen molar-refractivity contribution in [1.29, 1.82) is 0 Å². The molecule has 27 heavy (non-hydrogen) atoms. The van der Waals surface area contributed by atoms with Crippen molar-refractivity contribution in [1.82, 2.24) is 19.9 Å². The minimum absolute atomic E-state index is 0.701. The van der Waals surface area contributed by atoms with Crippen molar-refractivity contribution in [2.24, 2.45) is 0 Å².